The largest absolute Gasteiger partial charge is 0.456 e. The Balaban J connectivity index is 1.74. The van der Waals surface area contributed by atoms with Gasteiger partial charge in [0.2, 0.25) is 0 Å². The molecule has 0 unspecified atom stereocenters. The Kier molecular flexibility index (Phi) is 4.05. The third kappa shape index (κ3) is 3.08. The van der Waals surface area contributed by atoms with Crippen LogP contribution in [0.5, 0.6) is 0 Å². The highest BCUT2D eigenvalue weighted by Gasteiger charge is 2.12. The van der Waals surface area contributed by atoms with Crippen molar-refractivity contribution < 1.29 is 9.53 Å². The SMILES string of the molecule is Cc1ccn2cc(C(=O)OCc3ccc(Cl)c(Cl)c3)nc2c1. The van der Waals surface area contributed by atoms with Crippen LogP contribution in [-0.4, -0.2) is 15.4 Å². The van der Waals surface area contributed by atoms with E-state index in [2.05, 4.69) is 4.98 Å². The Hall–Kier alpha value is -2.04. The number of carbonyl (C=O) groups is 1. The maximum Gasteiger partial charge on any atom is 0.358 e. The second-order valence-corrected chi connectivity index (χ2v) is 5.73. The fourth-order valence-corrected chi connectivity index (χ4v) is 2.35. The second-order valence-electron chi connectivity index (χ2n) is 4.92. The van der Waals surface area contributed by atoms with Crippen molar-refractivity contribution in [1.82, 2.24) is 9.38 Å². The molecule has 0 spiro atoms. The molecule has 0 saturated heterocycles. The van der Waals surface area contributed by atoms with Gasteiger partial charge in [-0.2, -0.15) is 0 Å². The average molecular weight is 335 g/mol. The van der Waals surface area contributed by atoms with Crippen LogP contribution in [0.4, 0.5) is 0 Å². The second kappa shape index (κ2) is 5.99. The van der Waals surface area contributed by atoms with Crippen LogP contribution in [0.3, 0.4) is 0 Å². The summed E-state index contributed by atoms with van der Waals surface area (Å²) in [5, 5.41) is 0.894. The summed E-state index contributed by atoms with van der Waals surface area (Å²) in [6.07, 6.45) is 3.50. The normalized spacial score (nSPS) is 10.9. The Labute approximate surface area is 137 Å². The van der Waals surface area contributed by atoms with Crippen molar-refractivity contribution in [2.75, 3.05) is 0 Å². The number of benzene rings is 1. The third-order valence-corrected chi connectivity index (χ3v) is 3.92. The van der Waals surface area contributed by atoms with Gasteiger partial charge >= 0.3 is 5.97 Å². The Bertz CT molecular complexity index is 858. The van der Waals surface area contributed by atoms with Crippen LogP contribution < -0.4 is 0 Å². The number of ether oxygens (including phenoxy) is 1. The van der Waals surface area contributed by atoms with Crippen LogP contribution in [0.15, 0.2) is 42.7 Å². The summed E-state index contributed by atoms with van der Waals surface area (Å²) in [6.45, 7) is 2.08. The van der Waals surface area contributed by atoms with Gasteiger partial charge in [0, 0.05) is 12.4 Å². The predicted octanol–water partition coefficient (Wildman–Crippen LogP) is 4.31. The van der Waals surface area contributed by atoms with Crippen molar-refractivity contribution in [2.24, 2.45) is 0 Å². The zero-order valence-electron chi connectivity index (χ0n) is 11.7. The Morgan fingerprint density at radius 2 is 2.05 bits per heavy atom. The number of hydrogen-bond donors (Lipinski definition) is 0. The molecule has 4 nitrogen and oxygen atoms in total. The fraction of sp³-hybridized carbons (Fsp3) is 0.125. The van der Waals surface area contributed by atoms with Gasteiger partial charge in [0.15, 0.2) is 5.69 Å². The van der Waals surface area contributed by atoms with Gasteiger partial charge in [-0.1, -0.05) is 29.3 Å². The minimum atomic E-state index is -0.479. The molecule has 1 aromatic carbocycles. The molecule has 112 valence electrons. The lowest BCUT2D eigenvalue weighted by atomic mass is 10.2. The number of esters is 1. The summed E-state index contributed by atoms with van der Waals surface area (Å²) in [7, 11) is 0. The van der Waals surface area contributed by atoms with Crippen molar-refractivity contribution in [2.45, 2.75) is 13.5 Å². The van der Waals surface area contributed by atoms with E-state index in [-0.39, 0.29) is 12.3 Å². The minimum absolute atomic E-state index is 0.114. The maximum atomic E-state index is 12.1. The number of aromatic nitrogens is 2. The zero-order chi connectivity index (χ0) is 15.7. The van der Waals surface area contributed by atoms with E-state index in [0.29, 0.717) is 15.7 Å². The van der Waals surface area contributed by atoms with Crippen LogP contribution in [0.1, 0.15) is 21.6 Å². The maximum absolute atomic E-state index is 12.1. The highest BCUT2D eigenvalue weighted by Crippen LogP contribution is 2.23. The van der Waals surface area contributed by atoms with E-state index >= 15 is 0 Å². The number of nitrogens with zero attached hydrogens (tertiary/aromatic N) is 2. The molecule has 2 heterocycles. The molecule has 0 saturated carbocycles. The van der Waals surface area contributed by atoms with E-state index < -0.39 is 5.97 Å². The highest BCUT2D eigenvalue weighted by atomic mass is 35.5. The van der Waals surface area contributed by atoms with E-state index in [9.17, 15) is 4.79 Å². The summed E-state index contributed by atoms with van der Waals surface area (Å²) in [5.41, 5.74) is 2.82. The first kappa shape index (κ1) is 14.9. The number of hydrogen-bond acceptors (Lipinski definition) is 3. The highest BCUT2D eigenvalue weighted by molar-refractivity contribution is 6.42. The van der Waals surface area contributed by atoms with E-state index in [4.69, 9.17) is 27.9 Å². The number of fused-ring (bicyclic) bond motifs is 1. The number of imidazole rings is 1. The van der Waals surface area contributed by atoms with Crippen LogP contribution in [0.2, 0.25) is 10.0 Å². The van der Waals surface area contributed by atoms with Crippen molar-refractivity contribution in [3.05, 3.63) is 69.6 Å². The van der Waals surface area contributed by atoms with E-state index in [1.165, 1.54) is 0 Å². The van der Waals surface area contributed by atoms with Crippen LogP contribution in [0, 0.1) is 6.92 Å². The lowest BCUT2D eigenvalue weighted by Gasteiger charge is -2.04. The summed E-state index contributed by atoms with van der Waals surface area (Å²) >= 11 is 11.8. The quantitative estimate of drug-likeness (QED) is 0.670. The molecule has 0 atom stereocenters. The average Bonchev–Trinajstić information content (AvgIpc) is 2.91. The summed E-state index contributed by atoms with van der Waals surface area (Å²) < 4.78 is 7.03. The number of halogens is 2. The van der Waals surface area contributed by atoms with Gasteiger partial charge in [0.1, 0.15) is 12.3 Å². The predicted molar refractivity (Wildman–Crippen MR) is 85.5 cm³/mol. The van der Waals surface area contributed by atoms with E-state index in [0.717, 1.165) is 11.1 Å². The molecule has 0 aliphatic heterocycles. The number of rotatable bonds is 3. The molecule has 3 aromatic rings. The Morgan fingerprint density at radius 1 is 1.23 bits per heavy atom. The molecule has 0 aliphatic carbocycles. The molecular weight excluding hydrogens is 323 g/mol. The van der Waals surface area contributed by atoms with Crippen molar-refractivity contribution in [3.8, 4) is 0 Å². The van der Waals surface area contributed by atoms with Crippen LogP contribution >= 0.6 is 23.2 Å². The van der Waals surface area contributed by atoms with Crippen molar-refractivity contribution >= 4 is 34.8 Å². The van der Waals surface area contributed by atoms with E-state index in [1.807, 2.05) is 25.3 Å². The van der Waals surface area contributed by atoms with Gasteiger partial charge in [0.25, 0.3) is 0 Å². The first-order valence-corrected chi connectivity index (χ1v) is 7.35. The van der Waals surface area contributed by atoms with Gasteiger partial charge in [-0.25, -0.2) is 9.78 Å². The summed E-state index contributed by atoms with van der Waals surface area (Å²) in [4.78, 5) is 16.3. The molecule has 3 rings (SSSR count). The molecule has 6 heteroatoms. The molecule has 0 N–H and O–H groups in total. The summed E-state index contributed by atoms with van der Waals surface area (Å²) in [6, 6.07) is 8.94. The van der Waals surface area contributed by atoms with Gasteiger partial charge < -0.3 is 9.14 Å². The van der Waals surface area contributed by atoms with Gasteiger partial charge in [-0.3, -0.25) is 0 Å². The van der Waals surface area contributed by atoms with Crippen molar-refractivity contribution in [1.29, 1.82) is 0 Å². The lowest BCUT2D eigenvalue weighted by molar-refractivity contribution is 0.0466. The summed E-state index contributed by atoms with van der Waals surface area (Å²) in [5.74, 6) is -0.479. The smallest absolute Gasteiger partial charge is 0.358 e. The molecule has 0 bridgehead atoms. The van der Waals surface area contributed by atoms with Crippen LogP contribution in [0.25, 0.3) is 5.65 Å². The molecule has 0 amide bonds. The zero-order valence-corrected chi connectivity index (χ0v) is 13.2. The lowest BCUT2D eigenvalue weighted by Crippen LogP contribution is -2.05. The topological polar surface area (TPSA) is 43.6 Å². The first-order valence-electron chi connectivity index (χ1n) is 6.59. The molecule has 0 radical (unpaired) electrons. The molecule has 0 fully saturated rings. The Morgan fingerprint density at radius 3 is 2.82 bits per heavy atom. The molecule has 2 aromatic heterocycles. The fourth-order valence-electron chi connectivity index (χ4n) is 2.03. The van der Waals surface area contributed by atoms with Gasteiger partial charge in [-0.05, 0) is 42.3 Å². The number of aryl methyl sites for hydroxylation is 1. The minimum Gasteiger partial charge on any atom is -0.456 e. The number of carbonyl (C=O) groups excluding carboxylic acids is 1. The third-order valence-electron chi connectivity index (χ3n) is 3.18. The van der Waals surface area contributed by atoms with E-state index in [1.54, 1.807) is 28.8 Å². The monoisotopic (exact) mass is 334 g/mol. The van der Waals surface area contributed by atoms with Crippen molar-refractivity contribution in [3.63, 3.8) is 0 Å². The standard InChI is InChI=1S/C16H12Cl2N2O2/c1-10-4-5-20-8-14(19-15(20)6-10)16(21)22-9-11-2-3-12(17)13(18)7-11/h2-8H,9H2,1H3. The van der Waals surface area contributed by atoms with Gasteiger partial charge in [0.05, 0.1) is 10.0 Å². The number of pyridine rings is 1. The molecule has 22 heavy (non-hydrogen) atoms. The van der Waals surface area contributed by atoms with Crippen LogP contribution in [-0.2, 0) is 11.3 Å². The van der Waals surface area contributed by atoms with Gasteiger partial charge in [-0.15, -0.1) is 0 Å². The first-order chi connectivity index (χ1) is 10.5. The molecular formula is C16H12Cl2N2O2. The molecule has 0 aliphatic rings.